The van der Waals surface area contributed by atoms with Crippen LogP contribution in [0, 0.1) is 5.41 Å². The third-order valence-corrected chi connectivity index (χ3v) is 8.32. The highest BCUT2D eigenvalue weighted by Gasteiger charge is 2.37. The van der Waals surface area contributed by atoms with Gasteiger partial charge in [-0.2, -0.15) is 0 Å². The summed E-state index contributed by atoms with van der Waals surface area (Å²) in [5.74, 6) is 0.330. The summed E-state index contributed by atoms with van der Waals surface area (Å²) in [5.41, 5.74) is 1.90. The van der Waals surface area contributed by atoms with Crippen molar-refractivity contribution in [3.05, 3.63) is 48.5 Å². The van der Waals surface area contributed by atoms with Crippen LogP contribution in [0.25, 0.3) is 32.6 Å². The zero-order chi connectivity index (χ0) is 29.4. The number of pyridine rings is 1. The van der Waals surface area contributed by atoms with Crippen LogP contribution in [0.15, 0.2) is 42.7 Å². The van der Waals surface area contributed by atoms with Crippen LogP contribution < -0.4 is 15.5 Å². The third kappa shape index (κ3) is 5.98. The number of carboxylic acid groups (broad SMARTS) is 1. The van der Waals surface area contributed by atoms with Crippen LogP contribution in [-0.4, -0.2) is 61.8 Å². The van der Waals surface area contributed by atoms with Crippen LogP contribution in [0.1, 0.15) is 46.4 Å². The molecule has 214 valence electrons. The Labute approximate surface area is 241 Å². The monoisotopic (exact) mass is 575 g/mol. The minimum Gasteiger partial charge on any atom is -0.481 e. The van der Waals surface area contributed by atoms with Gasteiger partial charge in [0.05, 0.1) is 21.3 Å². The van der Waals surface area contributed by atoms with Gasteiger partial charge in [0.25, 0.3) is 0 Å². The van der Waals surface area contributed by atoms with Gasteiger partial charge in [0.2, 0.25) is 0 Å². The number of hydrogen-bond acceptors (Lipinski definition) is 9. The van der Waals surface area contributed by atoms with E-state index in [1.54, 1.807) is 33.2 Å². The number of aromatic nitrogens is 4. The number of aliphatic hydroxyl groups is 1. The molecule has 1 fully saturated rings. The summed E-state index contributed by atoms with van der Waals surface area (Å²) in [6.45, 7) is 8.60. The van der Waals surface area contributed by atoms with Gasteiger partial charge < -0.3 is 20.4 Å². The number of fused-ring (bicyclic) bond motifs is 1. The normalized spacial score (nSPS) is 15.1. The molecular formula is C29H33N7O4S. The summed E-state index contributed by atoms with van der Waals surface area (Å²) >= 11 is 1.36. The predicted molar refractivity (Wildman–Crippen MR) is 159 cm³/mol. The quantitative estimate of drug-likeness (QED) is 0.242. The van der Waals surface area contributed by atoms with E-state index in [4.69, 9.17) is 4.98 Å². The number of carbonyl (C=O) groups is 2. The first-order chi connectivity index (χ1) is 19.5. The highest BCUT2D eigenvalue weighted by Crippen LogP contribution is 2.39. The minimum atomic E-state index is -1.16. The fourth-order valence-corrected chi connectivity index (χ4v) is 5.69. The SMILES string of the molecule is CCNC(=O)Nc1nc2cc(-c3cnc(C(C)(C)O)nc3)cc(-c3cccc(N4CCC(C)(C(=O)O)CC4)n3)c2s1. The Morgan fingerprint density at radius 2 is 1.80 bits per heavy atom. The van der Waals surface area contributed by atoms with Crippen molar-refractivity contribution in [3.8, 4) is 22.4 Å². The van der Waals surface area contributed by atoms with Gasteiger partial charge in [-0.25, -0.2) is 24.7 Å². The summed E-state index contributed by atoms with van der Waals surface area (Å²) in [4.78, 5) is 44.4. The lowest BCUT2D eigenvalue weighted by Gasteiger charge is -2.37. The Balaban J connectivity index is 1.55. The minimum absolute atomic E-state index is 0.319. The fraction of sp³-hybridized carbons (Fsp3) is 0.379. The van der Waals surface area contributed by atoms with E-state index < -0.39 is 17.0 Å². The Bertz CT molecular complexity index is 1590. The molecule has 0 bridgehead atoms. The number of benzene rings is 1. The van der Waals surface area contributed by atoms with Crippen LogP contribution >= 0.6 is 11.3 Å². The van der Waals surface area contributed by atoms with Crippen molar-refractivity contribution in [2.75, 3.05) is 29.9 Å². The Kier molecular flexibility index (Phi) is 7.62. The smallest absolute Gasteiger partial charge is 0.321 e. The molecule has 0 atom stereocenters. The number of nitrogens with one attached hydrogen (secondary N) is 2. The number of urea groups is 1. The molecular weight excluding hydrogens is 542 g/mol. The van der Waals surface area contributed by atoms with Crippen molar-refractivity contribution in [1.29, 1.82) is 0 Å². The van der Waals surface area contributed by atoms with Crippen molar-refractivity contribution >= 4 is 44.5 Å². The first-order valence-corrected chi connectivity index (χ1v) is 14.3. The number of thiazole rings is 1. The molecule has 4 aromatic rings. The molecule has 1 saturated heterocycles. The van der Waals surface area contributed by atoms with E-state index in [1.807, 2.05) is 37.3 Å². The molecule has 5 rings (SSSR count). The van der Waals surface area contributed by atoms with Crippen LogP contribution in [0.2, 0.25) is 0 Å². The summed E-state index contributed by atoms with van der Waals surface area (Å²) < 4.78 is 0.858. The maximum absolute atomic E-state index is 12.2. The van der Waals surface area contributed by atoms with Gasteiger partial charge in [0.1, 0.15) is 11.4 Å². The third-order valence-electron chi connectivity index (χ3n) is 7.30. The zero-order valence-corrected chi connectivity index (χ0v) is 24.2. The summed E-state index contributed by atoms with van der Waals surface area (Å²) in [6.07, 6.45) is 4.42. The van der Waals surface area contributed by atoms with Crippen molar-refractivity contribution in [2.45, 2.75) is 46.1 Å². The number of anilines is 2. The number of carbonyl (C=O) groups excluding carboxylic acids is 1. The molecule has 41 heavy (non-hydrogen) atoms. The molecule has 11 nitrogen and oxygen atoms in total. The van der Waals surface area contributed by atoms with E-state index >= 15 is 0 Å². The maximum atomic E-state index is 12.2. The summed E-state index contributed by atoms with van der Waals surface area (Å²) in [7, 11) is 0. The number of rotatable bonds is 7. The lowest BCUT2D eigenvalue weighted by Crippen LogP contribution is -2.43. The van der Waals surface area contributed by atoms with Crippen molar-refractivity contribution < 1.29 is 19.8 Å². The average molecular weight is 576 g/mol. The van der Waals surface area contributed by atoms with Gasteiger partial charge in [0, 0.05) is 43.2 Å². The number of carboxylic acids is 1. The standard InChI is InChI=1S/C29H33N7O4S/c1-5-30-26(39)35-27-34-21-14-17(18-15-31-24(32-16-18)28(2,3)40)13-19(23(21)41-27)20-7-6-8-22(33-20)36-11-9-29(4,10-12-36)25(37)38/h6-8,13-16,40H,5,9-12H2,1-4H3,(H,37,38)(H2,30,34,35,39). The molecule has 1 aromatic carbocycles. The molecule has 1 aliphatic rings. The number of nitrogens with zero attached hydrogens (tertiary/aromatic N) is 5. The molecule has 0 spiro atoms. The van der Waals surface area contributed by atoms with Crippen molar-refractivity contribution in [3.63, 3.8) is 0 Å². The Morgan fingerprint density at radius 3 is 2.44 bits per heavy atom. The summed E-state index contributed by atoms with van der Waals surface area (Å²) in [6, 6.07) is 9.40. The Hall–Kier alpha value is -4.16. The highest BCUT2D eigenvalue weighted by molar-refractivity contribution is 7.22. The summed E-state index contributed by atoms with van der Waals surface area (Å²) in [5, 5.41) is 25.9. The van der Waals surface area contributed by atoms with E-state index in [2.05, 4.69) is 30.5 Å². The first kappa shape index (κ1) is 28.4. The highest BCUT2D eigenvalue weighted by atomic mass is 32.1. The lowest BCUT2D eigenvalue weighted by molar-refractivity contribution is -0.149. The Morgan fingerprint density at radius 1 is 1.10 bits per heavy atom. The number of piperidine rings is 1. The molecule has 1 aliphatic heterocycles. The van der Waals surface area contributed by atoms with Crippen LogP contribution in [-0.2, 0) is 10.4 Å². The average Bonchev–Trinajstić information content (AvgIpc) is 3.35. The van der Waals surface area contributed by atoms with Crippen LogP contribution in [0.3, 0.4) is 0 Å². The van der Waals surface area contributed by atoms with Crippen LogP contribution in [0.5, 0.6) is 0 Å². The number of aliphatic carboxylic acids is 1. The molecule has 4 N–H and O–H groups in total. The van der Waals surface area contributed by atoms with E-state index in [-0.39, 0.29) is 6.03 Å². The second-order valence-corrected chi connectivity index (χ2v) is 12.0. The number of hydrogen-bond donors (Lipinski definition) is 4. The van der Waals surface area contributed by atoms with Crippen LogP contribution in [0.4, 0.5) is 15.7 Å². The van der Waals surface area contributed by atoms with Crippen molar-refractivity contribution in [1.82, 2.24) is 25.3 Å². The van der Waals surface area contributed by atoms with Gasteiger partial charge in [0.15, 0.2) is 11.0 Å². The second-order valence-electron chi connectivity index (χ2n) is 11.0. The molecule has 0 aliphatic carbocycles. The lowest BCUT2D eigenvalue weighted by atomic mass is 9.80. The second kappa shape index (κ2) is 11.0. The van der Waals surface area contributed by atoms with Gasteiger partial charge in [-0.1, -0.05) is 17.4 Å². The van der Waals surface area contributed by atoms with E-state index in [1.165, 1.54) is 11.3 Å². The molecule has 2 amide bonds. The van der Waals surface area contributed by atoms with E-state index in [0.29, 0.717) is 48.9 Å². The topological polar surface area (TPSA) is 153 Å². The van der Waals surface area contributed by atoms with E-state index in [9.17, 15) is 19.8 Å². The van der Waals surface area contributed by atoms with Gasteiger partial charge in [-0.05, 0) is 70.4 Å². The molecule has 4 heterocycles. The maximum Gasteiger partial charge on any atom is 0.321 e. The molecule has 0 saturated carbocycles. The molecule has 3 aromatic heterocycles. The molecule has 0 unspecified atom stereocenters. The first-order valence-electron chi connectivity index (χ1n) is 13.5. The molecule has 12 heteroatoms. The predicted octanol–water partition coefficient (Wildman–Crippen LogP) is 4.88. The number of amides is 2. The molecule has 0 radical (unpaired) electrons. The van der Waals surface area contributed by atoms with Crippen molar-refractivity contribution in [2.24, 2.45) is 5.41 Å². The van der Waals surface area contributed by atoms with Gasteiger partial charge in [-0.3, -0.25) is 10.1 Å². The fourth-order valence-electron chi connectivity index (χ4n) is 4.73. The van der Waals surface area contributed by atoms with Gasteiger partial charge in [-0.15, -0.1) is 0 Å². The van der Waals surface area contributed by atoms with E-state index in [0.717, 1.165) is 32.9 Å². The largest absolute Gasteiger partial charge is 0.481 e. The zero-order valence-electron chi connectivity index (χ0n) is 23.4. The van der Waals surface area contributed by atoms with Gasteiger partial charge >= 0.3 is 12.0 Å².